The number of nitrogens with two attached hydrogens (primary N) is 1. The van der Waals surface area contributed by atoms with E-state index in [0.29, 0.717) is 23.9 Å². The Kier molecular flexibility index (Phi) is 6.32. The summed E-state index contributed by atoms with van der Waals surface area (Å²) in [6.07, 6.45) is 1.43. The Morgan fingerprint density at radius 1 is 1.42 bits per heavy atom. The lowest BCUT2D eigenvalue weighted by molar-refractivity contribution is -0.117. The van der Waals surface area contributed by atoms with Crippen LogP contribution >= 0.6 is 11.6 Å². The zero-order valence-corrected chi connectivity index (χ0v) is 12.6. The van der Waals surface area contributed by atoms with E-state index in [1.165, 1.54) is 0 Å². The van der Waals surface area contributed by atoms with Gasteiger partial charge in [-0.25, -0.2) is 0 Å². The smallest absolute Gasteiger partial charge is 0.224 e. The lowest BCUT2D eigenvalue weighted by Crippen LogP contribution is -2.23. The van der Waals surface area contributed by atoms with E-state index in [4.69, 9.17) is 17.3 Å². The summed E-state index contributed by atoms with van der Waals surface area (Å²) in [5.41, 5.74) is 7.44. The molecule has 19 heavy (non-hydrogen) atoms. The van der Waals surface area contributed by atoms with E-state index < -0.39 is 0 Å². The van der Waals surface area contributed by atoms with Gasteiger partial charge < -0.3 is 11.1 Å². The number of amides is 1. The molecule has 0 spiro atoms. The number of benzene rings is 1. The maximum absolute atomic E-state index is 11.9. The molecule has 0 saturated carbocycles. The second-order valence-corrected chi connectivity index (χ2v) is 5.85. The van der Waals surface area contributed by atoms with E-state index in [2.05, 4.69) is 19.2 Å². The Morgan fingerprint density at radius 2 is 2.11 bits per heavy atom. The normalized spacial score (nSPS) is 12.5. The minimum Gasteiger partial charge on any atom is -0.330 e. The van der Waals surface area contributed by atoms with Crippen LogP contribution in [-0.2, 0) is 4.79 Å². The van der Waals surface area contributed by atoms with Gasteiger partial charge in [0, 0.05) is 17.1 Å². The van der Waals surface area contributed by atoms with Crippen molar-refractivity contribution >= 4 is 23.2 Å². The van der Waals surface area contributed by atoms with Crippen LogP contribution < -0.4 is 11.1 Å². The van der Waals surface area contributed by atoms with Gasteiger partial charge in [-0.1, -0.05) is 31.5 Å². The molecule has 1 aromatic carbocycles. The molecule has 0 saturated heterocycles. The Morgan fingerprint density at radius 3 is 2.63 bits per heavy atom. The van der Waals surface area contributed by atoms with Crippen molar-refractivity contribution in [3.63, 3.8) is 0 Å². The molecule has 0 fully saturated rings. The molecule has 0 heterocycles. The number of aryl methyl sites for hydroxylation is 1. The topological polar surface area (TPSA) is 55.1 Å². The standard InChI is InChI=1S/C15H23ClN2O/c1-10(2)6-12(9-17)7-15(19)18-13-5-4-11(3)14(16)8-13/h4-5,8,10,12H,6-7,9,17H2,1-3H3,(H,18,19)/t12-/m0/s1. The van der Waals surface area contributed by atoms with Gasteiger partial charge in [0.05, 0.1) is 0 Å². The van der Waals surface area contributed by atoms with Crippen molar-refractivity contribution in [3.05, 3.63) is 28.8 Å². The Hall–Kier alpha value is -1.06. The maximum Gasteiger partial charge on any atom is 0.224 e. The van der Waals surface area contributed by atoms with E-state index in [1.807, 2.05) is 19.1 Å². The van der Waals surface area contributed by atoms with E-state index in [1.54, 1.807) is 6.07 Å². The zero-order valence-electron chi connectivity index (χ0n) is 11.9. The highest BCUT2D eigenvalue weighted by molar-refractivity contribution is 6.31. The van der Waals surface area contributed by atoms with E-state index in [-0.39, 0.29) is 11.8 Å². The molecule has 0 bridgehead atoms. The number of hydrogen-bond donors (Lipinski definition) is 2. The van der Waals surface area contributed by atoms with Crippen molar-refractivity contribution in [2.75, 3.05) is 11.9 Å². The second-order valence-electron chi connectivity index (χ2n) is 5.45. The molecule has 1 amide bonds. The molecule has 0 radical (unpaired) electrons. The summed E-state index contributed by atoms with van der Waals surface area (Å²) < 4.78 is 0. The summed E-state index contributed by atoms with van der Waals surface area (Å²) in [4.78, 5) is 11.9. The molecule has 1 atom stereocenters. The number of anilines is 1. The first-order chi connectivity index (χ1) is 8.92. The molecule has 4 heteroatoms. The van der Waals surface area contributed by atoms with Crippen molar-refractivity contribution in [1.29, 1.82) is 0 Å². The van der Waals surface area contributed by atoms with Crippen LogP contribution in [0, 0.1) is 18.8 Å². The molecule has 1 rings (SSSR count). The van der Waals surface area contributed by atoms with Gasteiger partial charge in [-0.15, -0.1) is 0 Å². The lowest BCUT2D eigenvalue weighted by atomic mass is 9.94. The average molecular weight is 283 g/mol. The third-order valence-corrected chi connectivity index (χ3v) is 3.47. The molecule has 0 aliphatic carbocycles. The molecule has 1 aromatic rings. The fourth-order valence-corrected chi connectivity index (χ4v) is 2.25. The number of nitrogens with one attached hydrogen (secondary N) is 1. The van der Waals surface area contributed by atoms with Gasteiger partial charge >= 0.3 is 0 Å². The molecular weight excluding hydrogens is 260 g/mol. The predicted molar refractivity (Wildman–Crippen MR) is 81.4 cm³/mol. The van der Waals surface area contributed by atoms with Gasteiger partial charge in [0.1, 0.15) is 0 Å². The van der Waals surface area contributed by atoms with Crippen LogP contribution in [0.15, 0.2) is 18.2 Å². The third kappa shape index (κ3) is 5.62. The number of rotatable bonds is 6. The van der Waals surface area contributed by atoms with E-state index in [0.717, 1.165) is 17.7 Å². The average Bonchev–Trinajstić information content (AvgIpc) is 2.32. The van der Waals surface area contributed by atoms with Crippen LogP contribution in [0.3, 0.4) is 0 Å². The molecule has 106 valence electrons. The Balaban J connectivity index is 2.56. The summed E-state index contributed by atoms with van der Waals surface area (Å²) in [5, 5.41) is 3.53. The molecule has 0 unspecified atom stereocenters. The first-order valence-corrected chi connectivity index (χ1v) is 7.06. The highest BCUT2D eigenvalue weighted by atomic mass is 35.5. The second kappa shape index (κ2) is 7.51. The fourth-order valence-electron chi connectivity index (χ4n) is 2.07. The summed E-state index contributed by atoms with van der Waals surface area (Å²) >= 11 is 6.03. The van der Waals surface area contributed by atoms with Gasteiger partial charge in [0.2, 0.25) is 5.91 Å². The molecule has 0 aliphatic heterocycles. The van der Waals surface area contributed by atoms with Crippen molar-refractivity contribution < 1.29 is 4.79 Å². The molecule has 0 aliphatic rings. The van der Waals surface area contributed by atoms with Crippen LogP contribution in [0.5, 0.6) is 0 Å². The number of carbonyl (C=O) groups is 1. The van der Waals surface area contributed by atoms with Crippen LogP contribution in [0.4, 0.5) is 5.69 Å². The fraction of sp³-hybridized carbons (Fsp3) is 0.533. The van der Waals surface area contributed by atoms with Gasteiger partial charge in [-0.2, -0.15) is 0 Å². The van der Waals surface area contributed by atoms with Gasteiger partial charge in [-0.3, -0.25) is 4.79 Å². The van der Waals surface area contributed by atoms with Gasteiger partial charge in [-0.05, 0) is 49.4 Å². The van der Waals surface area contributed by atoms with Crippen molar-refractivity contribution in [1.82, 2.24) is 0 Å². The van der Waals surface area contributed by atoms with Gasteiger partial charge in [0.25, 0.3) is 0 Å². The summed E-state index contributed by atoms with van der Waals surface area (Å²) in [6, 6.07) is 5.53. The van der Waals surface area contributed by atoms with Crippen LogP contribution in [-0.4, -0.2) is 12.5 Å². The molecule has 3 N–H and O–H groups in total. The van der Waals surface area contributed by atoms with Crippen LogP contribution in [0.2, 0.25) is 5.02 Å². The minimum absolute atomic E-state index is 0.00369. The summed E-state index contributed by atoms with van der Waals surface area (Å²) in [6.45, 7) is 6.75. The van der Waals surface area contributed by atoms with Crippen molar-refractivity contribution in [3.8, 4) is 0 Å². The number of hydrogen-bond acceptors (Lipinski definition) is 2. The SMILES string of the molecule is Cc1ccc(NC(=O)C[C@@H](CN)CC(C)C)cc1Cl. The Bertz CT molecular complexity index is 432. The van der Waals surface area contributed by atoms with Crippen LogP contribution in [0.1, 0.15) is 32.3 Å². The maximum atomic E-state index is 11.9. The van der Waals surface area contributed by atoms with Crippen molar-refractivity contribution in [2.45, 2.75) is 33.6 Å². The largest absolute Gasteiger partial charge is 0.330 e. The third-order valence-electron chi connectivity index (χ3n) is 3.07. The predicted octanol–water partition coefficient (Wildman–Crippen LogP) is 3.60. The van der Waals surface area contributed by atoms with Crippen molar-refractivity contribution in [2.24, 2.45) is 17.6 Å². The monoisotopic (exact) mass is 282 g/mol. The van der Waals surface area contributed by atoms with E-state index in [9.17, 15) is 4.79 Å². The first kappa shape index (κ1) is 16.0. The summed E-state index contributed by atoms with van der Waals surface area (Å²) in [5.74, 6) is 0.784. The number of carbonyl (C=O) groups excluding carboxylic acids is 1. The Labute approximate surface area is 120 Å². The quantitative estimate of drug-likeness (QED) is 0.838. The minimum atomic E-state index is -0.00369. The molecular formula is C15H23ClN2O. The lowest BCUT2D eigenvalue weighted by Gasteiger charge is -2.16. The van der Waals surface area contributed by atoms with Crippen LogP contribution in [0.25, 0.3) is 0 Å². The summed E-state index contributed by atoms with van der Waals surface area (Å²) in [7, 11) is 0. The van der Waals surface area contributed by atoms with E-state index >= 15 is 0 Å². The molecule has 3 nitrogen and oxygen atoms in total. The van der Waals surface area contributed by atoms with Gasteiger partial charge in [0.15, 0.2) is 0 Å². The highest BCUT2D eigenvalue weighted by Gasteiger charge is 2.14. The zero-order chi connectivity index (χ0) is 14.4. The number of halogens is 1. The first-order valence-electron chi connectivity index (χ1n) is 6.68. The highest BCUT2D eigenvalue weighted by Crippen LogP contribution is 2.21. The molecule has 0 aromatic heterocycles.